The third kappa shape index (κ3) is 2.96. The van der Waals surface area contributed by atoms with Crippen molar-refractivity contribution >= 4 is 27.5 Å². The first-order valence-electron chi connectivity index (χ1n) is 7.63. The Labute approximate surface area is 142 Å². The number of amides is 1. The van der Waals surface area contributed by atoms with Crippen LogP contribution < -0.4 is 10.9 Å². The summed E-state index contributed by atoms with van der Waals surface area (Å²) in [4.78, 5) is 30.2. The maximum atomic E-state index is 12.6. The zero-order chi connectivity index (χ0) is 17.4. The Kier molecular flexibility index (Phi) is 4.23. The normalized spacial score (nSPS) is 12.5. The summed E-state index contributed by atoms with van der Waals surface area (Å²) in [6.07, 6.45) is 2.12. The largest absolute Gasteiger partial charge is 0.348 e. The number of fused-ring (bicyclic) bond motifs is 1. The van der Waals surface area contributed by atoms with Gasteiger partial charge in [0.2, 0.25) is 0 Å². The van der Waals surface area contributed by atoms with Gasteiger partial charge in [0.05, 0.1) is 22.3 Å². The highest BCUT2D eigenvalue weighted by molar-refractivity contribution is 7.20. The van der Waals surface area contributed by atoms with Gasteiger partial charge in [0.25, 0.3) is 11.5 Å². The van der Waals surface area contributed by atoms with Crippen molar-refractivity contribution in [1.82, 2.24) is 25.1 Å². The lowest BCUT2D eigenvalue weighted by Crippen LogP contribution is -2.34. The molecule has 0 aromatic carbocycles. The van der Waals surface area contributed by atoms with Crippen LogP contribution in [0.3, 0.4) is 0 Å². The van der Waals surface area contributed by atoms with Crippen molar-refractivity contribution < 1.29 is 4.79 Å². The fraction of sp³-hybridized carbons (Fsp3) is 0.375. The number of aromatic amines is 1. The van der Waals surface area contributed by atoms with E-state index in [9.17, 15) is 9.59 Å². The minimum Gasteiger partial charge on any atom is -0.348 e. The molecule has 0 bridgehead atoms. The smallest absolute Gasteiger partial charge is 0.262 e. The summed E-state index contributed by atoms with van der Waals surface area (Å²) < 4.78 is 1.42. The number of aromatic nitrogens is 4. The highest BCUT2D eigenvalue weighted by Gasteiger charge is 2.20. The van der Waals surface area contributed by atoms with Crippen molar-refractivity contribution in [3.05, 3.63) is 44.6 Å². The molecular weight excluding hydrogens is 326 g/mol. The van der Waals surface area contributed by atoms with E-state index in [0.29, 0.717) is 27.1 Å². The first-order valence-corrected chi connectivity index (χ1v) is 8.45. The molecule has 0 aliphatic rings. The third-order valence-electron chi connectivity index (χ3n) is 3.87. The summed E-state index contributed by atoms with van der Waals surface area (Å²) in [5.41, 5.74) is 2.45. The molecule has 0 aliphatic carbocycles. The predicted molar refractivity (Wildman–Crippen MR) is 93.6 cm³/mol. The molecule has 0 unspecified atom stereocenters. The van der Waals surface area contributed by atoms with Gasteiger partial charge < -0.3 is 9.88 Å². The molecule has 0 spiro atoms. The van der Waals surface area contributed by atoms with Crippen LogP contribution in [0, 0.1) is 13.8 Å². The van der Waals surface area contributed by atoms with E-state index in [1.54, 1.807) is 14.0 Å². The maximum Gasteiger partial charge on any atom is 0.262 e. The van der Waals surface area contributed by atoms with Crippen LogP contribution in [0.15, 0.2) is 17.2 Å². The molecule has 3 rings (SSSR count). The molecule has 1 amide bonds. The first-order chi connectivity index (χ1) is 11.4. The third-order valence-corrected chi connectivity index (χ3v) is 5.07. The Bertz CT molecular complexity index is 969. The van der Waals surface area contributed by atoms with Crippen LogP contribution in [-0.4, -0.2) is 31.7 Å². The number of nitrogens with one attached hydrogen (secondary N) is 2. The van der Waals surface area contributed by atoms with Crippen LogP contribution >= 0.6 is 11.3 Å². The number of thiophene rings is 1. The Hall–Kier alpha value is -2.48. The molecule has 0 aliphatic heterocycles. The predicted octanol–water partition coefficient (Wildman–Crippen LogP) is 1.70. The average molecular weight is 345 g/mol. The van der Waals surface area contributed by atoms with Crippen molar-refractivity contribution in [3.8, 4) is 0 Å². The van der Waals surface area contributed by atoms with E-state index < -0.39 is 0 Å². The van der Waals surface area contributed by atoms with Gasteiger partial charge in [-0.3, -0.25) is 14.7 Å². The summed E-state index contributed by atoms with van der Waals surface area (Å²) in [6, 6.07) is 1.89. The standard InChI is InChI=1S/C16H19N5O2S/c1-8(5-11-6-9(2)19-20-11)18-14(22)13-10(3)12-15(24-13)17-7-21(4)16(12)23/h6-8H,5H2,1-4H3,(H,18,22)(H,19,20)/t8-/m1/s1. The number of carbonyl (C=O) groups is 1. The monoisotopic (exact) mass is 345 g/mol. The zero-order valence-corrected chi connectivity index (χ0v) is 14.8. The molecule has 7 nitrogen and oxygen atoms in total. The van der Waals surface area contributed by atoms with Gasteiger partial charge in [0.15, 0.2) is 0 Å². The second kappa shape index (κ2) is 6.20. The lowest BCUT2D eigenvalue weighted by molar-refractivity contribution is 0.0943. The van der Waals surface area contributed by atoms with E-state index in [2.05, 4.69) is 20.5 Å². The van der Waals surface area contributed by atoms with Crippen LogP contribution in [0.2, 0.25) is 0 Å². The van der Waals surface area contributed by atoms with Crippen molar-refractivity contribution in [3.63, 3.8) is 0 Å². The molecule has 0 fully saturated rings. The fourth-order valence-corrected chi connectivity index (χ4v) is 3.70. The van der Waals surface area contributed by atoms with E-state index in [0.717, 1.165) is 11.4 Å². The average Bonchev–Trinajstić information content (AvgIpc) is 3.07. The number of H-pyrrole nitrogens is 1. The molecular formula is C16H19N5O2S. The highest BCUT2D eigenvalue weighted by atomic mass is 32.1. The minimum absolute atomic E-state index is 0.0689. The van der Waals surface area contributed by atoms with Gasteiger partial charge in [-0.2, -0.15) is 5.10 Å². The number of carbonyl (C=O) groups excluding carboxylic acids is 1. The van der Waals surface area contributed by atoms with Crippen LogP contribution in [-0.2, 0) is 13.5 Å². The van der Waals surface area contributed by atoms with E-state index in [4.69, 9.17) is 0 Å². The Morgan fingerprint density at radius 1 is 1.46 bits per heavy atom. The fourth-order valence-electron chi connectivity index (χ4n) is 2.66. The number of hydrogen-bond donors (Lipinski definition) is 2. The second-order valence-electron chi connectivity index (χ2n) is 6.02. The highest BCUT2D eigenvalue weighted by Crippen LogP contribution is 2.26. The molecule has 3 heterocycles. The Balaban J connectivity index is 1.82. The zero-order valence-electron chi connectivity index (χ0n) is 14.0. The van der Waals surface area contributed by atoms with Gasteiger partial charge in [-0.25, -0.2) is 4.98 Å². The molecule has 24 heavy (non-hydrogen) atoms. The summed E-state index contributed by atoms with van der Waals surface area (Å²) >= 11 is 1.25. The Morgan fingerprint density at radius 3 is 2.88 bits per heavy atom. The number of aryl methyl sites for hydroxylation is 3. The van der Waals surface area contributed by atoms with Crippen LogP contribution in [0.4, 0.5) is 0 Å². The van der Waals surface area contributed by atoms with Gasteiger partial charge >= 0.3 is 0 Å². The summed E-state index contributed by atoms with van der Waals surface area (Å²) in [6.45, 7) is 5.66. The number of hydrogen-bond acceptors (Lipinski definition) is 5. The summed E-state index contributed by atoms with van der Waals surface area (Å²) in [5.74, 6) is -0.183. The molecule has 3 aromatic rings. The summed E-state index contributed by atoms with van der Waals surface area (Å²) in [7, 11) is 1.65. The van der Waals surface area contributed by atoms with Crippen molar-refractivity contribution in [2.75, 3.05) is 0 Å². The quantitative estimate of drug-likeness (QED) is 0.753. The minimum atomic E-state index is -0.183. The maximum absolute atomic E-state index is 12.6. The molecule has 0 radical (unpaired) electrons. The lowest BCUT2D eigenvalue weighted by Gasteiger charge is -2.12. The van der Waals surface area contributed by atoms with Crippen LogP contribution in [0.5, 0.6) is 0 Å². The van der Waals surface area contributed by atoms with E-state index >= 15 is 0 Å². The lowest BCUT2D eigenvalue weighted by atomic mass is 10.1. The van der Waals surface area contributed by atoms with Crippen LogP contribution in [0.25, 0.3) is 10.2 Å². The van der Waals surface area contributed by atoms with Gasteiger partial charge in [-0.05, 0) is 32.4 Å². The molecule has 1 atom stereocenters. The molecule has 0 saturated carbocycles. The summed E-state index contributed by atoms with van der Waals surface area (Å²) in [5, 5.41) is 10.6. The molecule has 3 aromatic heterocycles. The molecule has 2 N–H and O–H groups in total. The molecule has 0 saturated heterocycles. The SMILES string of the molecule is Cc1cc(C[C@@H](C)NC(=O)c2sc3ncn(C)c(=O)c3c2C)n[nH]1. The molecule has 126 valence electrons. The van der Waals surface area contributed by atoms with Crippen molar-refractivity contribution in [2.45, 2.75) is 33.2 Å². The van der Waals surface area contributed by atoms with Gasteiger partial charge in [-0.1, -0.05) is 0 Å². The van der Waals surface area contributed by atoms with Crippen molar-refractivity contribution in [1.29, 1.82) is 0 Å². The first kappa shape index (κ1) is 16.4. The topological polar surface area (TPSA) is 92.7 Å². The van der Waals surface area contributed by atoms with Gasteiger partial charge in [-0.15, -0.1) is 11.3 Å². The van der Waals surface area contributed by atoms with Crippen molar-refractivity contribution in [2.24, 2.45) is 7.05 Å². The van der Waals surface area contributed by atoms with Gasteiger partial charge in [0.1, 0.15) is 4.83 Å². The second-order valence-corrected chi connectivity index (χ2v) is 7.02. The number of rotatable bonds is 4. The molecule has 8 heteroatoms. The van der Waals surface area contributed by atoms with Crippen LogP contribution in [0.1, 0.15) is 33.5 Å². The van der Waals surface area contributed by atoms with E-state index in [1.807, 2.05) is 19.9 Å². The Morgan fingerprint density at radius 2 is 2.21 bits per heavy atom. The van der Waals surface area contributed by atoms with E-state index in [1.165, 1.54) is 22.2 Å². The number of nitrogens with zero attached hydrogens (tertiary/aromatic N) is 3. The van der Waals surface area contributed by atoms with Gasteiger partial charge in [0, 0.05) is 25.2 Å². The van der Waals surface area contributed by atoms with E-state index in [-0.39, 0.29) is 17.5 Å².